The molecule has 0 radical (unpaired) electrons. The smallest absolute Gasteiger partial charge is 0.0738 e. The lowest BCUT2D eigenvalue weighted by molar-refractivity contribution is 0.296. The van der Waals surface area contributed by atoms with Crippen LogP contribution < -0.4 is 5.32 Å². The van der Waals surface area contributed by atoms with Gasteiger partial charge in [-0.1, -0.05) is 13.8 Å². The first-order valence-corrected chi connectivity index (χ1v) is 5.56. The summed E-state index contributed by atoms with van der Waals surface area (Å²) in [6.45, 7) is 4.41. The van der Waals surface area contributed by atoms with E-state index in [2.05, 4.69) is 29.1 Å². The average molecular weight is 193 g/mol. The van der Waals surface area contributed by atoms with Crippen molar-refractivity contribution in [1.29, 1.82) is 0 Å². The maximum absolute atomic E-state index is 4.49. The Hall–Kier alpha value is -0.700. The van der Waals surface area contributed by atoms with Crippen molar-refractivity contribution in [2.45, 2.75) is 57.3 Å². The predicted molar refractivity (Wildman–Crippen MR) is 60.5 cm³/mol. The molecular weight excluding hydrogens is 174 g/mol. The summed E-state index contributed by atoms with van der Waals surface area (Å²) in [4.78, 5) is 8.96. The lowest BCUT2D eigenvalue weighted by atomic mass is 9.86. The van der Waals surface area contributed by atoms with E-state index in [9.17, 15) is 0 Å². The van der Waals surface area contributed by atoms with E-state index in [-0.39, 0.29) is 0 Å². The van der Waals surface area contributed by atoms with Gasteiger partial charge in [-0.2, -0.15) is 0 Å². The Kier molecular flexibility index (Phi) is 2.96. The summed E-state index contributed by atoms with van der Waals surface area (Å²) in [6.07, 6.45) is 7.27. The monoisotopic (exact) mass is 193 g/mol. The molecule has 0 saturated heterocycles. The maximum atomic E-state index is 4.49. The molecule has 2 rings (SSSR count). The first-order chi connectivity index (χ1) is 6.75. The van der Waals surface area contributed by atoms with Crippen LogP contribution in [0.3, 0.4) is 0 Å². The molecule has 0 bridgehead atoms. The van der Waals surface area contributed by atoms with Crippen molar-refractivity contribution in [2.24, 2.45) is 9.98 Å². The molecule has 1 aliphatic heterocycles. The molecule has 2 aliphatic rings. The van der Waals surface area contributed by atoms with Gasteiger partial charge >= 0.3 is 0 Å². The third-order valence-corrected chi connectivity index (χ3v) is 2.97. The van der Waals surface area contributed by atoms with E-state index in [1.807, 2.05) is 12.4 Å². The van der Waals surface area contributed by atoms with Crippen molar-refractivity contribution in [3.63, 3.8) is 0 Å². The second-order valence-corrected chi connectivity index (χ2v) is 4.56. The summed E-state index contributed by atoms with van der Waals surface area (Å²) in [5, 5.41) is 3.59. The number of hydrogen-bond donors (Lipinski definition) is 1. The zero-order valence-corrected chi connectivity index (χ0v) is 8.98. The Balaban J connectivity index is 1.90. The molecule has 0 aromatic heterocycles. The minimum absolute atomic E-state index is 0.435. The molecule has 1 saturated carbocycles. The van der Waals surface area contributed by atoms with Gasteiger partial charge in [-0.25, -0.2) is 0 Å². The van der Waals surface area contributed by atoms with Crippen LogP contribution in [0.5, 0.6) is 0 Å². The van der Waals surface area contributed by atoms with Gasteiger partial charge in [-0.15, -0.1) is 0 Å². The van der Waals surface area contributed by atoms with Gasteiger partial charge in [0, 0.05) is 24.5 Å². The number of nitrogens with zero attached hydrogens (tertiary/aromatic N) is 2. The zero-order valence-electron chi connectivity index (χ0n) is 8.98. The van der Waals surface area contributed by atoms with Gasteiger partial charge in [0.05, 0.1) is 12.1 Å². The molecule has 1 heterocycles. The van der Waals surface area contributed by atoms with Crippen molar-refractivity contribution in [2.75, 3.05) is 0 Å². The third-order valence-electron chi connectivity index (χ3n) is 2.97. The third kappa shape index (κ3) is 2.21. The highest BCUT2D eigenvalue weighted by atomic mass is 15.0. The van der Waals surface area contributed by atoms with Gasteiger partial charge in [-0.05, 0) is 19.3 Å². The highest BCUT2D eigenvalue weighted by molar-refractivity contribution is 6.16. The summed E-state index contributed by atoms with van der Waals surface area (Å²) >= 11 is 0. The van der Waals surface area contributed by atoms with E-state index >= 15 is 0 Å². The fourth-order valence-corrected chi connectivity index (χ4v) is 2.39. The Morgan fingerprint density at radius 1 is 1.14 bits per heavy atom. The van der Waals surface area contributed by atoms with Gasteiger partial charge in [0.2, 0.25) is 0 Å². The Morgan fingerprint density at radius 2 is 1.86 bits per heavy atom. The fraction of sp³-hybridized carbons (Fsp3) is 0.818. The van der Waals surface area contributed by atoms with E-state index in [0.29, 0.717) is 24.2 Å². The molecule has 0 spiro atoms. The van der Waals surface area contributed by atoms with Crippen LogP contribution in [-0.2, 0) is 0 Å². The molecular formula is C11H19N3. The van der Waals surface area contributed by atoms with Gasteiger partial charge in [0.15, 0.2) is 0 Å². The van der Waals surface area contributed by atoms with E-state index in [4.69, 9.17) is 0 Å². The van der Waals surface area contributed by atoms with Crippen molar-refractivity contribution in [3.05, 3.63) is 0 Å². The number of aliphatic imine (C=N–C) groups is 2. The minimum atomic E-state index is 0.435. The van der Waals surface area contributed by atoms with Gasteiger partial charge in [-0.3, -0.25) is 9.98 Å². The summed E-state index contributed by atoms with van der Waals surface area (Å²) in [5.74, 6) is 0. The quantitative estimate of drug-likeness (QED) is 0.707. The van der Waals surface area contributed by atoms with Gasteiger partial charge < -0.3 is 5.32 Å². The predicted octanol–water partition coefficient (Wildman–Crippen LogP) is 1.43. The van der Waals surface area contributed by atoms with Gasteiger partial charge in [0.25, 0.3) is 0 Å². The molecule has 3 heteroatoms. The van der Waals surface area contributed by atoms with Crippen molar-refractivity contribution in [1.82, 2.24) is 5.32 Å². The molecule has 0 aromatic carbocycles. The first kappa shape index (κ1) is 9.84. The fourth-order valence-electron chi connectivity index (χ4n) is 2.39. The average Bonchev–Trinajstić information content (AvgIpc) is 2.17. The van der Waals surface area contributed by atoms with E-state index in [1.54, 1.807) is 0 Å². The number of fused-ring (bicyclic) bond motifs is 1. The van der Waals surface area contributed by atoms with Crippen LogP contribution in [0, 0.1) is 0 Å². The summed E-state index contributed by atoms with van der Waals surface area (Å²) < 4.78 is 0. The molecule has 3 atom stereocenters. The van der Waals surface area contributed by atoms with Crippen LogP contribution >= 0.6 is 0 Å². The number of nitrogens with one attached hydrogen (secondary N) is 1. The van der Waals surface area contributed by atoms with Crippen molar-refractivity contribution >= 4 is 12.4 Å². The Labute approximate surface area is 85.7 Å². The highest BCUT2D eigenvalue weighted by Crippen LogP contribution is 2.25. The van der Waals surface area contributed by atoms with E-state index < -0.39 is 0 Å². The molecule has 3 nitrogen and oxygen atoms in total. The Bertz CT molecular complexity index is 245. The molecule has 3 unspecified atom stereocenters. The normalized spacial score (nSPS) is 36.1. The minimum Gasteiger partial charge on any atom is -0.312 e. The molecule has 1 N–H and O–H groups in total. The summed E-state index contributed by atoms with van der Waals surface area (Å²) in [7, 11) is 0. The summed E-state index contributed by atoms with van der Waals surface area (Å²) in [5.41, 5.74) is 0. The van der Waals surface area contributed by atoms with Crippen LogP contribution in [0.15, 0.2) is 9.98 Å². The van der Waals surface area contributed by atoms with Crippen LogP contribution in [0.25, 0.3) is 0 Å². The van der Waals surface area contributed by atoms with E-state index in [1.165, 1.54) is 12.8 Å². The second kappa shape index (κ2) is 4.22. The Morgan fingerprint density at radius 3 is 2.57 bits per heavy atom. The van der Waals surface area contributed by atoms with E-state index in [0.717, 1.165) is 6.42 Å². The zero-order chi connectivity index (χ0) is 9.97. The molecule has 1 fully saturated rings. The first-order valence-electron chi connectivity index (χ1n) is 5.56. The molecule has 0 aromatic rings. The molecule has 1 aliphatic carbocycles. The summed E-state index contributed by atoms with van der Waals surface area (Å²) in [6, 6.07) is 2.12. The van der Waals surface area contributed by atoms with Crippen LogP contribution in [-0.4, -0.2) is 36.6 Å². The van der Waals surface area contributed by atoms with Crippen molar-refractivity contribution < 1.29 is 0 Å². The molecule has 0 amide bonds. The van der Waals surface area contributed by atoms with Crippen LogP contribution in [0.4, 0.5) is 0 Å². The largest absolute Gasteiger partial charge is 0.312 e. The van der Waals surface area contributed by atoms with Crippen LogP contribution in [0.2, 0.25) is 0 Å². The standard InChI is InChI=1S/C11H19N3/c1-8(2)14-9-3-4-10-11(7-9)13-6-5-12-10/h5-6,8-11,14H,3-4,7H2,1-2H3. The lowest BCUT2D eigenvalue weighted by Crippen LogP contribution is -2.44. The molecule has 14 heavy (non-hydrogen) atoms. The number of hydrogen-bond acceptors (Lipinski definition) is 3. The second-order valence-electron chi connectivity index (χ2n) is 4.56. The lowest BCUT2D eigenvalue weighted by Gasteiger charge is -2.34. The topological polar surface area (TPSA) is 36.8 Å². The van der Waals surface area contributed by atoms with Crippen LogP contribution in [0.1, 0.15) is 33.1 Å². The molecule has 78 valence electrons. The van der Waals surface area contributed by atoms with Gasteiger partial charge in [0.1, 0.15) is 0 Å². The van der Waals surface area contributed by atoms with Crippen molar-refractivity contribution in [3.8, 4) is 0 Å². The number of rotatable bonds is 2. The maximum Gasteiger partial charge on any atom is 0.0738 e. The SMILES string of the molecule is CC(C)NC1CCC2N=CC=NC2C1. The highest BCUT2D eigenvalue weighted by Gasteiger charge is 2.30.